The normalized spacial score (nSPS) is 18.5. The van der Waals surface area contributed by atoms with Gasteiger partial charge in [0.2, 0.25) is 12.3 Å². The van der Waals surface area contributed by atoms with Gasteiger partial charge in [-0.1, -0.05) is 69.7 Å². The minimum absolute atomic E-state index is 0.0887. The zero-order valence-corrected chi connectivity index (χ0v) is 34.7. The molecule has 2 amide bonds. The van der Waals surface area contributed by atoms with E-state index in [-0.39, 0.29) is 40.8 Å². The van der Waals surface area contributed by atoms with Gasteiger partial charge in [-0.3, -0.25) is 14.9 Å². The van der Waals surface area contributed by atoms with Gasteiger partial charge in [0.25, 0.3) is 0 Å². The molecule has 4 aromatic carbocycles. The molecular weight excluding hydrogens is 735 g/mol. The molecule has 0 saturated carbocycles. The number of halogens is 2. The Morgan fingerprint density at radius 2 is 1.60 bits per heavy atom. The largest absolute Gasteiger partial charge is 0.508 e. The number of piperidine rings is 2. The lowest BCUT2D eigenvalue weighted by atomic mass is 9.69. The Bertz CT molecular complexity index is 1930. The molecule has 1 aliphatic carbocycles. The minimum Gasteiger partial charge on any atom is -0.508 e. The smallest absolute Gasteiger partial charge is 0.226 e. The van der Waals surface area contributed by atoms with Gasteiger partial charge in [-0.25, -0.2) is 8.78 Å². The minimum atomic E-state index is -0.322. The number of nitrogens with one attached hydrogen (secondary N) is 1. The Kier molecular flexibility index (Phi) is 16.5. The van der Waals surface area contributed by atoms with Crippen molar-refractivity contribution in [3.8, 4) is 11.5 Å². The van der Waals surface area contributed by atoms with Crippen molar-refractivity contribution in [1.29, 1.82) is 0 Å². The van der Waals surface area contributed by atoms with Gasteiger partial charge in [-0.2, -0.15) is 0 Å². The van der Waals surface area contributed by atoms with E-state index in [4.69, 9.17) is 10.5 Å². The topological polar surface area (TPSA) is 108 Å². The van der Waals surface area contributed by atoms with E-state index in [1.165, 1.54) is 5.56 Å². The number of anilines is 2. The summed E-state index contributed by atoms with van der Waals surface area (Å²) in [6.45, 7) is 10.7. The standard InChI is InChI=1S/C40H45F2N3O2.C6H11NO2.C2H6/c1-47-39-24-38(45-19-13-26(14-20-45)25-44-17-15-27(16-18-44)29-8-12-37(43)35(41)22-29)36(42)23-34(39)40-32(28-5-3-2-4-6-28)10-7-30-21-31(46)9-11-33(30)40;1-2-3-4-6(9)7-5-8;1-2/h2-6,8-9,11-12,21-24,26-27,32,40,46H,7,10,13-20,25,43H2,1H3;5H,2-4H2,1H3,(H,7,8,9);1-2H3. The number of carbonyl (C=O) groups is 2. The lowest BCUT2D eigenvalue weighted by Gasteiger charge is -2.39. The molecule has 7 rings (SSSR count). The molecule has 2 aliphatic heterocycles. The summed E-state index contributed by atoms with van der Waals surface area (Å²) in [5, 5.41) is 12.3. The molecule has 2 saturated heterocycles. The molecule has 2 fully saturated rings. The van der Waals surface area contributed by atoms with Crippen molar-refractivity contribution in [3.05, 3.63) is 118 Å². The van der Waals surface area contributed by atoms with Crippen LogP contribution >= 0.6 is 0 Å². The van der Waals surface area contributed by atoms with Crippen LogP contribution in [0.3, 0.4) is 0 Å². The number of carbonyl (C=O) groups excluding carboxylic acids is 2. The molecule has 2 atom stereocenters. The number of rotatable bonds is 11. The monoisotopic (exact) mass is 796 g/mol. The Hall–Kier alpha value is -4.96. The number of phenols is 1. The maximum atomic E-state index is 16.2. The molecule has 0 spiro atoms. The predicted molar refractivity (Wildman–Crippen MR) is 230 cm³/mol. The number of benzene rings is 4. The average Bonchev–Trinajstić information content (AvgIpc) is 3.25. The fraction of sp³-hybridized carbons (Fsp3) is 0.458. The second-order valence-electron chi connectivity index (χ2n) is 15.5. The summed E-state index contributed by atoms with van der Waals surface area (Å²) in [6, 6.07) is 24.9. The van der Waals surface area contributed by atoms with Crippen LogP contribution in [0.5, 0.6) is 11.5 Å². The van der Waals surface area contributed by atoms with Crippen molar-refractivity contribution in [2.24, 2.45) is 5.92 Å². The predicted octanol–water partition coefficient (Wildman–Crippen LogP) is 9.69. The first kappa shape index (κ1) is 44.1. The number of imide groups is 1. The molecule has 312 valence electrons. The summed E-state index contributed by atoms with van der Waals surface area (Å²) in [7, 11) is 1.68. The summed E-state index contributed by atoms with van der Waals surface area (Å²) in [5.41, 5.74) is 11.9. The highest BCUT2D eigenvalue weighted by Crippen LogP contribution is 2.50. The maximum Gasteiger partial charge on any atom is 0.226 e. The lowest BCUT2D eigenvalue weighted by Crippen LogP contribution is -2.41. The number of phenolic OH excluding ortho intramolecular Hbond substituents is 1. The third-order valence-electron chi connectivity index (χ3n) is 12.0. The Morgan fingerprint density at radius 1 is 0.879 bits per heavy atom. The first-order valence-corrected chi connectivity index (χ1v) is 21.2. The van der Waals surface area contributed by atoms with E-state index in [1.54, 1.807) is 31.4 Å². The van der Waals surface area contributed by atoms with Crippen molar-refractivity contribution >= 4 is 23.7 Å². The zero-order valence-electron chi connectivity index (χ0n) is 34.7. The quantitative estimate of drug-likeness (QED) is 0.103. The fourth-order valence-corrected chi connectivity index (χ4v) is 8.91. The molecule has 0 radical (unpaired) electrons. The summed E-state index contributed by atoms with van der Waals surface area (Å²) in [5.74, 6) is 1.28. The van der Waals surface area contributed by atoms with Crippen molar-refractivity contribution in [3.63, 3.8) is 0 Å². The van der Waals surface area contributed by atoms with Gasteiger partial charge in [-0.05, 0) is 128 Å². The fourth-order valence-electron chi connectivity index (χ4n) is 8.91. The van der Waals surface area contributed by atoms with Crippen molar-refractivity contribution in [1.82, 2.24) is 10.2 Å². The number of aryl methyl sites for hydroxylation is 1. The van der Waals surface area contributed by atoms with E-state index in [0.717, 1.165) is 106 Å². The van der Waals surface area contributed by atoms with E-state index in [0.29, 0.717) is 36.1 Å². The molecule has 2 unspecified atom stereocenters. The number of hydrogen-bond donors (Lipinski definition) is 3. The molecule has 0 bridgehead atoms. The first-order chi connectivity index (χ1) is 28.2. The number of amides is 2. The van der Waals surface area contributed by atoms with Gasteiger partial charge in [-0.15, -0.1) is 0 Å². The van der Waals surface area contributed by atoms with Gasteiger partial charge >= 0.3 is 0 Å². The third-order valence-corrected chi connectivity index (χ3v) is 12.0. The zero-order chi connectivity index (χ0) is 41.6. The van der Waals surface area contributed by atoms with Crippen molar-refractivity contribution in [2.75, 3.05) is 50.5 Å². The van der Waals surface area contributed by atoms with Crippen LogP contribution in [0.2, 0.25) is 0 Å². The molecule has 4 N–H and O–H groups in total. The highest BCUT2D eigenvalue weighted by molar-refractivity contribution is 5.85. The van der Waals surface area contributed by atoms with Crippen LogP contribution in [0.15, 0.2) is 78.9 Å². The van der Waals surface area contributed by atoms with Crippen LogP contribution in [0.25, 0.3) is 0 Å². The number of nitrogens with two attached hydrogens (primary N) is 1. The number of methoxy groups -OCH3 is 1. The SMILES string of the molecule is CC.CCCCC(=O)NC=O.COc1cc(N2CCC(CN3CCC(c4ccc(N)c(F)c4)CC3)CC2)c(F)cc1C1c2ccc(O)cc2CCC1c1ccccc1. The van der Waals surface area contributed by atoms with Gasteiger partial charge in [0.05, 0.1) is 18.5 Å². The third kappa shape index (κ3) is 11.2. The first-order valence-electron chi connectivity index (χ1n) is 21.2. The molecule has 0 aromatic heterocycles. The van der Waals surface area contributed by atoms with Gasteiger partial charge < -0.3 is 25.4 Å². The maximum absolute atomic E-state index is 16.2. The second kappa shape index (κ2) is 21.7. The van der Waals surface area contributed by atoms with Gasteiger partial charge in [0, 0.05) is 43.6 Å². The Balaban J connectivity index is 0.000000517. The highest BCUT2D eigenvalue weighted by atomic mass is 19.1. The number of hydrogen-bond acceptors (Lipinski definition) is 7. The molecule has 3 aliphatic rings. The Morgan fingerprint density at radius 3 is 2.26 bits per heavy atom. The molecule has 8 nitrogen and oxygen atoms in total. The summed E-state index contributed by atoms with van der Waals surface area (Å²) in [4.78, 5) is 24.8. The van der Waals surface area contributed by atoms with Crippen LogP contribution in [-0.2, 0) is 16.0 Å². The molecule has 2 heterocycles. The summed E-state index contributed by atoms with van der Waals surface area (Å²) >= 11 is 0. The molecule has 4 aromatic rings. The number of unbranched alkanes of at least 4 members (excludes halogenated alkanes) is 1. The molecule has 10 heteroatoms. The lowest BCUT2D eigenvalue weighted by molar-refractivity contribution is -0.125. The number of nitrogen functional groups attached to an aromatic ring is 1. The van der Waals surface area contributed by atoms with Gasteiger partial charge in [0.15, 0.2) is 0 Å². The van der Waals surface area contributed by atoms with E-state index in [9.17, 15) is 19.1 Å². The Labute approximate surface area is 343 Å². The van der Waals surface area contributed by atoms with Crippen molar-refractivity contribution < 1.29 is 28.2 Å². The number of fused-ring (bicyclic) bond motifs is 1. The number of aromatic hydroxyl groups is 1. The van der Waals surface area contributed by atoms with Crippen LogP contribution in [0, 0.1) is 17.6 Å². The number of likely N-dealkylation sites (tertiary alicyclic amines) is 1. The van der Waals surface area contributed by atoms with Gasteiger partial charge in [0.1, 0.15) is 23.1 Å². The van der Waals surface area contributed by atoms with Crippen LogP contribution in [-0.4, -0.2) is 62.2 Å². The summed E-state index contributed by atoms with van der Waals surface area (Å²) in [6.07, 6.45) is 8.54. The molecular formula is C48H62F2N4O4. The van der Waals surface area contributed by atoms with E-state index < -0.39 is 0 Å². The molecule has 58 heavy (non-hydrogen) atoms. The van der Waals surface area contributed by atoms with Crippen LogP contribution in [0.1, 0.15) is 118 Å². The van der Waals surface area contributed by atoms with Crippen molar-refractivity contribution in [2.45, 2.75) is 96.3 Å². The second-order valence-corrected chi connectivity index (χ2v) is 15.5. The van der Waals surface area contributed by atoms with E-state index in [2.05, 4.69) is 39.4 Å². The van der Waals surface area contributed by atoms with E-state index in [1.807, 2.05) is 51.1 Å². The summed E-state index contributed by atoms with van der Waals surface area (Å²) < 4.78 is 36.2. The van der Waals surface area contributed by atoms with Crippen LogP contribution < -0.4 is 20.7 Å². The average molecular weight is 797 g/mol. The number of nitrogens with zero attached hydrogens (tertiary/aromatic N) is 2. The highest BCUT2D eigenvalue weighted by Gasteiger charge is 2.35. The van der Waals surface area contributed by atoms with Crippen LogP contribution in [0.4, 0.5) is 20.2 Å². The number of ether oxygens (including phenoxy) is 1. The van der Waals surface area contributed by atoms with E-state index >= 15 is 4.39 Å².